The minimum atomic E-state index is -4.78. The number of carbonyl (C=O) groups is 4. The number of rotatable bonds is 4. The molecular formula is C35H44F3N5O7. The molecule has 3 aliphatic rings. The van der Waals surface area contributed by atoms with Gasteiger partial charge in [-0.25, -0.2) is 19.1 Å². The number of carbonyl (C=O) groups excluding carboxylic acids is 4. The van der Waals surface area contributed by atoms with Gasteiger partial charge in [0.15, 0.2) is 0 Å². The summed E-state index contributed by atoms with van der Waals surface area (Å²) >= 11 is 0. The van der Waals surface area contributed by atoms with Gasteiger partial charge in [0.05, 0.1) is 17.9 Å². The monoisotopic (exact) mass is 703 g/mol. The number of amides is 3. The first-order chi connectivity index (χ1) is 23.3. The Morgan fingerprint density at radius 1 is 0.840 bits per heavy atom. The lowest BCUT2D eigenvalue weighted by atomic mass is 9.92. The molecule has 0 radical (unpaired) electrons. The van der Waals surface area contributed by atoms with Crippen molar-refractivity contribution in [3.8, 4) is 5.75 Å². The molecule has 272 valence electrons. The molecule has 5 rings (SSSR count). The lowest BCUT2D eigenvalue weighted by molar-refractivity contribution is -0.274. The Morgan fingerprint density at radius 3 is 1.98 bits per heavy atom. The van der Waals surface area contributed by atoms with Crippen LogP contribution in [-0.2, 0) is 32.0 Å². The third-order valence-corrected chi connectivity index (χ3v) is 8.81. The molecule has 1 aromatic carbocycles. The summed E-state index contributed by atoms with van der Waals surface area (Å²) in [6.45, 7) is 12.4. The number of hydrogen-bond acceptors (Lipinski definition) is 8. The zero-order valence-corrected chi connectivity index (χ0v) is 29.2. The molecular weight excluding hydrogens is 659 g/mol. The number of aromatic nitrogens is 2. The summed E-state index contributed by atoms with van der Waals surface area (Å²) in [4.78, 5) is 62.9. The second-order valence-electron chi connectivity index (χ2n) is 14.9. The predicted molar refractivity (Wildman–Crippen MR) is 175 cm³/mol. The summed E-state index contributed by atoms with van der Waals surface area (Å²) in [6.07, 6.45) is -0.321. The number of likely N-dealkylation sites (tertiary alicyclic amines) is 2. The van der Waals surface area contributed by atoms with E-state index >= 15 is 0 Å². The van der Waals surface area contributed by atoms with E-state index in [0.717, 1.165) is 0 Å². The number of alkyl halides is 3. The van der Waals surface area contributed by atoms with Gasteiger partial charge in [0, 0.05) is 38.7 Å². The van der Waals surface area contributed by atoms with E-state index in [2.05, 4.69) is 9.72 Å². The number of benzene rings is 1. The predicted octanol–water partition coefficient (Wildman–Crippen LogP) is 5.64. The highest BCUT2D eigenvalue weighted by molar-refractivity contribution is 5.92. The highest BCUT2D eigenvalue weighted by atomic mass is 19.4. The van der Waals surface area contributed by atoms with Crippen LogP contribution in [-0.4, -0.2) is 98.0 Å². The van der Waals surface area contributed by atoms with E-state index in [0.29, 0.717) is 56.0 Å². The van der Waals surface area contributed by atoms with Crippen LogP contribution in [0.5, 0.6) is 5.75 Å². The van der Waals surface area contributed by atoms with Crippen molar-refractivity contribution in [3.63, 3.8) is 0 Å². The minimum absolute atomic E-state index is 0.00673. The standard InChI is InChI=1S/C35H44F3N5O7/c1-33(2,3)49-31(46)42-20-26-27(43(21-39-26)32(47)50-34(4,5)6)17-28(42)30(45)41-18-23-13-15-40(16-14-24(23)19-41)29(44)12-9-22-7-10-25(11-8-22)48-35(36,37)38/h7-12,21,23-24,28H,13-20H2,1-6H3/t23-,24+,28-/m0/s1. The van der Waals surface area contributed by atoms with Crippen LogP contribution in [0.1, 0.15) is 71.3 Å². The lowest BCUT2D eigenvalue weighted by Crippen LogP contribution is -2.54. The maximum absolute atomic E-state index is 14.2. The van der Waals surface area contributed by atoms with Gasteiger partial charge < -0.3 is 24.0 Å². The molecule has 2 aromatic rings. The Bertz CT molecular complexity index is 1610. The van der Waals surface area contributed by atoms with Crippen LogP contribution < -0.4 is 4.74 Å². The van der Waals surface area contributed by atoms with Gasteiger partial charge in [-0.15, -0.1) is 13.2 Å². The summed E-state index contributed by atoms with van der Waals surface area (Å²) in [5.74, 6) is -0.507. The number of nitrogens with zero attached hydrogens (tertiary/aromatic N) is 5. The average Bonchev–Trinajstić information content (AvgIpc) is 3.55. The third-order valence-electron chi connectivity index (χ3n) is 8.81. The van der Waals surface area contributed by atoms with Gasteiger partial charge in [0.1, 0.15) is 29.3 Å². The van der Waals surface area contributed by atoms with Gasteiger partial charge in [-0.3, -0.25) is 14.5 Å². The first kappa shape index (κ1) is 36.7. The van der Waals surface area contributed by atoms with Gasteiger partial charge in [-0.05, 0) is 90.0 Å². The maximum Gasteiger partial charge on any atom is 0.573 e. The van der Waals surface area contributed by atoms with Crippen molar-refractivity contribution < 1.29 is 46.6 Å². The first-order valence-corrected chi connectivity index (χ1v) is 16.7. The van der Waals surface area contributed by atoms with Crippen molar-refractivity contribution in [2.45, 2.75) is 91.0 Å². The van der Waals surface area contributed by atoms with Crippen molar-refractivity contribution in [3.05, 3.63) is 53.6 Å². The van der Waals surface area contributed by atoms with Crippen LogP contribution >= 0.6 is 0 Å². The number of imidazole rings is 1. The molecule has 2 fully saturated rings. The van der Waals surface area contributed by atoms with Crippen molar-refractivity contribution in [2.24, 2.45) is 11.8 Å². The largest absolute Gasteiger partial charge is 0.573 e. The summed E-state index contributed by atoms with van der Waals surface area (Å²) in [5.41, 5.74) is 0.0168. The molecule has 12 nitrogen and oxygen atoms in total. The normalized spacial score (nSPS) is 21.4. The van der Waals surface area contributed by atoms with E-state index < -0.39 is 35.8 Å². The fraction of sp³-hybridized carbons (Fsp3) is 0.571. The highest BCUT2D eigenvalue weighted by Gasteiger charge is 2.45. The van der Waals surface area contributed by atoms with Crippen LogP contribution in [0.2, 0.25) is 0 Å². The molecule has 2 saturated heterocycles. The van der Waals surface area contributed by atoms with Crippen molar-refractivity contribution >= 4 is 30.1 Å². The quantitative estimate of drug-likeness (QED) is 0.375. The molecule has 4 heterocycles. The zero-order valence-electron chi connectivity index (χ0n) is 29.2. The Labute approximate surface area is 289 Å². The van der Waals surface area contributed by atoms with Crippen molar-refractivity contribution in [2.75, 3.05) is 26.2 Å². The molecule has 1 aromatic heterocycles. The Morgan fingerprint density at radius 2 is 1.42 bits per heavy atom. The third kappa shape index (κ3) is 9.16. The Kier molecular flexibility index (Phi) is 10.3. The van der Waals surface area contributed by atoms with Crippen LogP contribution in [0.4, 0.5) is 22.8 Å². The average molecular weight is 704 g/mol. The van der Waals surface area contributed by atoms with Gasteiger partial charge in [0.25, 0.3) is 0 Å². The summed E-state index contributed by atoms with van der Waals surface area (Å²) in [5, 5.41) is 0. The fourth-order valence-corrected chi connectivity index (χ4v) is 6.54. The number of fused-ring (bicyclic) bond motifs is 2. The Hall–Kier alpha value is -4.56. The number of hydrogen-bond donors (Lipinski definition) is 0. The summed E-state index contributed by atoms with van der Waals surface area (Å²) in [6, 6.07) is 4.32. The second-order valence-corrected chi connectivity index (χ2v) is 14.9. The second kappa shape index (κ2) is 14.0. The van der Waals surface area contributed by atoms with Crippen molar-refractivity contribution in [1.29, 1.82) is 0 Å². The molecule has 0 bridgehead atoms. The van der Waals surface area contributed by atoms with Gasteiger partial charge in [-0.1, -0.05) is 12.1 Å². The van der Waals surface area contributed by atoms with E-state index in [1.165, 1.54) is 46.1 Å². The topological polar surface area (TPSA) is 124 Å². The highest BCUT2D eigenvalue weighted by Crippen LogP contribution is 2.34. The molecule has 3 atom stereocenters. The van der Waals surface area contributed by atoms with Gasteiger partial charge in [0.2, 0.25) is 11.8 Å². The van der Waals surface area contributed by atoms with Gasteiger partial charge >= 0.3 is 18.5 Å². The van der Waals surface area contributed by atoms with E-state index in [4.69, 9.17) is 9.47 Å². The lowest BCUT2D eigenvalue weighted by Gasteiger charge is -2.37. The van der Waals surface area contributed by atoms with E-state index in [-0.39, 0.29) is 42.4 Å². The van der Waals surface area contributed by atoms with Crippen molar-refractivity contribution in [1.82, 2.24) is 24.3 Å². The number of halogens is 3. The molecule has 0 N–H and O–H groups in total. The molecule has 50 heavy (non-hydrogen) atoms. The van der Waals surface area contributed by atoms with Crippen LogP contribution in [0.3, 0.4) is 0 Å². The van der Waals surface area contributed by atoms with Crippen LogP contribution in [0.25, 0.3) is 6.08 Å². The zero-order chi connectivity index (χ0) is 36.6. The molecule has 3 aliphatic heterocycles. The van der Waals surface area contributed by atoms with Crippen LogP contribution in [0.15, 0.2) is 36.7 Å². The fourth-order valence-electron chi connectivity index (χ4n) is 6.54. The minimum Gasteiger partial charge on any atom is -0.444 e. The molecule has 0 aliphatic carbocycles. The summed E-state index contributed by atoms with van der Waals surface area (Å²) in [7, 11) is 0. The maximum atomic E-state index is 14.2. The Balaban J connectivity index is 1.24. The van der Waals surface area contributed by atoms with Crippen LogP contribution in [0, 0.1) is 11.8 Å². The molecule has 3 amide bonds. The molecule has 0 saturated carbocycles. The first-order valence-electron chi connectivity index (χ1n) is 16.7. The van der Waals surface area contributed by atoms with E-state index in [9.17, 15) is 32.3 Å². The SMILES string of the molecule is CC(C)(C)OC(=O)N1Cc2ncn(C(=O)OC(C)(C)C)c2C[C@H]1C(=O)N1C[C@H]2CCN(C(=O)C=Cc3ccc(OC(F)(F)F)cc3)CC[C@H]2C1. The van der Waals surface area contributed by atoms with E-state index in [1.54, 1.807) is 57.4 Å². The summed E-state index contributed by atoms with van der Waals surface area (Å²) < 4.78 is 53.7. The van der Waals surface area contributed by atoms with E-state index in [1.807, 2.05) is 0 Å². The number of ether oxygens (including phenoxy) is 3. The smallest absolute Gasteiger partial charge is 0.444 e. The molecule has 15 heteroatoms. The van der Waals surface area contributed by atoms with Gasteiger partial charge in [-0.2, -0.15) is 0 Å². The molecule has 0 spiro atoms. The molecule has 0 unspecified atom stereocenters.